The highest BCUT2D eigenvalue weighted by Crippen LogP contribution is 2.39. The Kier molecular flexibility index (Phi) is 6.87. The molecule has 0 spiro atoms. The maximum Gasteiger partial charge on any atom is 0.408 e. The lowest BCUT2D eigenvalue weighted by Crippen LogP contribution is -2.46. The number of aromatic nitrogens is 4. The summed E-state index contributed by atoms with van der Waals surface area (Å²) >= 11 is 0. The van der Waals surface area contributed by atoms with Crippen molar-refractivity contribution >= 4 is 38.9 Å². The van der Waals surface area contributed by atoms with Gasteiger partial charge in [-0.15, -0.1) is 0 Å². The number of rotatable bonds is 5. The Morgan fingerprint density at radius 1 is 0.826 bits per heavy atom. The number of benzene rings is 4. The van der Waals surface area contributed by atoms with Crippen molar-refractivity contribution in [2.24, 2.45) is 0 Å². The highest BCUT2D eigenvalue weighted by molar-refractivity contribution is 6.05. The lowest BCUT2D eigenvalue weighted by Gasteiger charge is -2.30. The summed E-state index contributed by atoms with van der Waals surface area (Å²) in [5.74, 6) is 1.84. The monoisotopic (exact) mass is 612 g/mol. The first-order chi connectivity index (χ1) is 22.2. The van der Waals surface area contributed by atoms with Gasteiger partial charge in [-0.3, -0.25) is 0 Å². The molecule has 1 aliphatic carbocycles. The summed E-state index contributed by atoms with van der Waals surface area (Å²) < 4.78 is 5.60. The molecule has 1 amide bonds. The zero-order valence-electron chi connectivity index (χ0n) is 26.7. The van der Waals surface area contributed by atoms with Gasteiger partial charge < -0.3 is 25.3 Å². The summed E-state index contributed by atoms with van der Waals surface area (Å²) in [5.41, 5.74) is 7.48. The predicted octanol–water partition coefficient (Wildman–Crippen LogP) is 8.64. The van der Waals surface area contributed by atoms with Crippen LogP contribution >= 0.6 is 0 Å². The first-order valence-electron chi connectivity index (χ1n) is 16.5. The zero-order valence-corrected chi connectivity index (χ0v) is 26.7. The number of ether oxygens (including phenoxy) is 1. The standard InChI is InChI=1S/C38H40N6O2/c1-37(2,3)46-36(45)44-38(18-4-5-19-38)35-41-29-16-13-26(22-32(29)42-35)24-10-8-23(9-11-24)25-12-15-28-27(21-25)14-17-30-33(28)43-34(40-30)31-7-6-20-39-31/h8-17,21-22,31,39H,4-7,18-20H2,1-3H3,(H,40,43)(H,41,42)(H,44,45). The summed E-state index contributed by atoms with van der Waals surface area (Å²) in [6, 6.07) is 26.4. The minimum atomic E-state index is -0.555. The van der Waals surface area contributed by atoms with E-state index in [1.807, 2.05) is 20.8 Å². The largest absolute Gasteiger partial charge is 0.444 e. The fraction of sp³-hybridized carbons (Fsp3) is 0.342. The predicted molar refractivity (Wildman–Crippen MR) is 184 cm³/mol. The number of carbonyl (C=O) groups is 1. The van der Waals surface area contributed by atoms with Crippen LogP contribution in [0.3, 0.4) is 0 Å². The Morgan fingerprint density at radius 3 is 2.26 bits per heavy atom. The second-order valence-electron chi connectivity index (χ2n) is 14.0. The number of aromatic amines is 2. The Labute approximate surface area is 268 Å². The number of hydrogen-bond acceptors (Lipinski definition) is 5. The third-order valence-electron chi connectivity index (χ3n) is 9.56. The van der Waals surface area contributed by atoms with E-state index in [0.29, 0.717) is 6.04 Å². The van der Waals surface area contributed by atoms with Gasteiger partial charge in [0.2, 0.25) is 0 Å². The Morgan fingerprint density at radius 2 is 1.54 bits per heavy atom. The number of imidazole rings is 2. The first kappa shape index (κ1) is 28.8. The van der Waals surface area contributed by atoms with Gasteiger partial charge in [0.25, 0.3) is 0 Å². The smallest absolute Gasteiger partial charge is 0.408 e. The van der Waals surface area contributed by atoms with E-state index in [9.17, 15) is 4.79 Å². The third-order valence-corrected chi connectivity index (χ3v) is 9.56. The number of nitrogens with one attached hydrogen (secondary N) is 4. The van der Waals surface area contributed by atoms with Crippen molar-refractivity contribution in [3.8, 4) is 22.3 Å². The summed E-state index contributed by atoms with van der Waals surface area (Å²) in [6.07, 6.45) is 5.66. The molecule has 2 aromatic heterocycles. The van der Waals surface area contributed by atoms with E-state index < -0.39 is 17.2 Å². The molecule has 1 saturated carbocycles. The fourth-order valence-electron chi connectivity index (χ4n) is 7.25. The highest BCUT2D eigenvalue weighted by atomic mass is 16.6. The molecule has 1 saturated heterocycles. The van der Waals surface area contributed by atoms with Gasteiger partial charge in [0.1, 0.15) is 22.8 Å². The summed E-state index contributed by atoms with van der Waals surface area (Å²) in [6.45, 7) is 6.70. The maximum atomic E-state index is 12.8. The second kappa shape index (κ2) is 11.0. The van der Waals surface area contributed by atoms with Crippen molar-refractivity contribution in [1.29, 1.82) is 0 Å². The molecule has 0 bridgehead atoms. The third kappa shape index (κ3) is 5.30. The molecule has 0 radical (unpaired) electrons. The minimum Gasteiger partial charge on any atom is -0.444 e. The number of hydrogen-bond donors (Lipinski definition) is 4. The van der Waals surface area contributed by atoms with Crippen LogP contribution in [0.1, 0.15) is 77.0 Å². The number of nitrogens with zero attached hydrogens (tertiary/aromatic N) is 2. The fourth-order valence-corrected chi connectivity index (χ4v) is 7.25. The van der Waals surface area contributed by atoms with Crippen LogP contribution in [0.5, 0.6) is 0 Å². The molecule has 8 heteroatoms. The van der Waals surface area contributed by atoms with Gasteiger partial charge in [-0.05, 0) is 105 Å². The normalized spacial score (nSPS) is 18.1. The summed E-state index contributed by atoms with van der Waals surface area (Å²) in [7, 11) is 0. The minimum absolute atomic E-state index is 0.321. The van der Waals surface area contributed by atoms with Crippen LogP contribution in [0.25, 0.3) is 55.1 Å². The summed E-state index contributed by atoms with van der Waals surface area (Å²) in [4.78, 5) is 29.8. The van der Waals surface area contributed by atoms with Crippen LogP contribution in [0.4, 0.5) is 4.79 Å². The molecule has 1 unspecified atom stereocenters. The number of carbonyl (C=O) groups excluding carboxylic acids is 1. The highest BCUT2D eigenvalue weighted by Gasteiger charge is 2.41. The average molecular weight is 613 g/mol. The van der Waals surface area contributed by atoms with E-state index in [1.165, 1.54) is 28.3 Å². The van der Waals surface area contributed by atoms with Crippen LogP contribution < -0.4 is 10.6 Å². The molecular weight excluding hydrogens is 572 g/mol. The van der Waals surface area contributed by atoms with Crippen LogP contribution in [-0.4, -0.2) is 38.2 Å². The van der Waals surface area contributed by atoms with Gasteiger partial charge in [-0.25, -0.2) is 14.8 Å². The molecule has 46 heavy (non-hydrogen) atoms. The molecule has 8 rings (SSSR count). The molecule has 4 N–H and O–H groups in total. The van der Waals surface area contributed by atoms with Gasteiger partial charge in [0, 0.05) is 5.39 Å². The number of H-pyrrole nitrogens is 2. The lowest BCUT2D eigenvalue weighted by molar-refractivity contribution is 0.0448. The van der Waals surface area contributed by atoms with Crippen LogP contribution in [-0.2, 0) is 10.3 Å². The van der Waals surface area contributed by atoms with Crippen molar-refractivity contribution in [2.45, 2.75) is 76.5 Å². The van der Waals surface area contributed by atoms with E-state index in [1.54, 1.807) is 0 Å². The van der Waals surface area contributed by atoms with Gasteiger partial charge in [-0.1, -0.05) is 61.4 Å². The molecule has 3 heterocycles. The van der Waals surface area contributed by atoms with Gasteiger partial charge >= 0.3 is 6.09 Å². The van der Waals surface area contributed by atoms with E-state index in [-0.39, 0.29) is 0 Å². The topological polar surface area (TPSA) is 108 Å². The van der Waals surface area contributed by atoms with Crippen molar-refractivity contribution in [2.75, 3.05) is 6.54 Å². The molecule has 4 aromatic carbocycles. The van der Waals surface area contributed by atoms with Crippen molar-refractivity contribution in [1.82, 2.24) is 30.6 Å². The van der Waals surface area contributed by atoms with Gasteiger partial charge in [-0.2, -0.15) is 0 Å². The maximum absolute atomic E-state index is 12.8. The van der Waals surface area contributed by atoms with E-state index in [4.69, 9.17) is 14.7 Å². The number of amides is 1. The molecule has 234 valence electrons. The molecule has 1 aliphatic heterocycles. The van der Waals surface area contributed by atoms with Gasteiger partial charge in [0.05, 0.1) is 28.1 Å². The molecule has 6 aromatic rings. The summed E-state index contributed by atoms with van der Waals surface area (Å²) in [5, 5.41) is 9.07. The second-order valence-corrected chi connectivity index (χ2v) is 14.0. The Bertz CT molecular complexity index is 2070. The van der Waals surface area contributed by atoms with Crippen molar-refractivity contribution in [3.05, 3.63) is 84.4 Å². The van der Waals surface area contributed by atoms with E-state index in [0.717, 1.165) is 83.5 Å². The van der Waals surface area contributed by atoms with Crippen molar-refractivity contribution < 1.29 is 9.53 Å². The molecule has 2 aliphatic rings. The zero-order chi connectivity index (χ0) is 31.5. The molecule has 2 fully saturated rings. The Balaban J connectivity index is 1.04. The lowest BCUT2D eigenvalue weighted by atomic mass is 9.97. The van der Waals surface area contributed by atoms with Crippen LogP contribution in [0.2, 0.25) is 0 Å². The molecular formula is C38H40N6O2. The first-order valence-corrected chi connectivity index (χ1v) is 16.5. The van der Waals surface area contributed by atoms with E-state index >= 15 is 0 Å². The van der Waals surface area contributed by atoms with Crippen molar-refractivity contribution in [3.63, 3.8) is 0 Å². The average Bonchev–Trinajstić information content (AvgIpc) is 3.86. The molecule has 1 atom stereocenters. The quantitative estimate of drug-likeness (QED) is 0.156. The van der Waals surface area contributed by atoms with Crippen LogP contribution in [0.15, 0.2) is 72.8 Å². The van der Waals surface area contributed by atoms with E-state index in [2.05, 4.69) is 93.4 Å². The van der Waals surface area contributed by atoms with Gasteiger partial charge in [0.15, 0.2) is 0 Å². The molecule has 8 nitrogen and oxygen atoms in total. The number of fused-ring (bicyclic) bond motifs is 4. The Hall–Kier alpha value is -4.69. The number of alkyl carbamates (subject to hydrolysis) is 1. The van der Waals surface area contributed by atoms with Crippen LogP contribution in [0, 0.1) is 0 Å². The SMILES string of the molecule is CC(C)(C)OC(=O)NC1(c2nc3ccc(-c4ccc(-c5ccc6c(ccc7[nH]c(C8CCCN8)nc76)c5)cc4)cc3[nH]2)CCCC1.